The highest BCUT2D eigenvalue weighted by Gasteiger charge is 1.84. The van der Waals surface area contributed by atoms with Crippen LogP contribution in [0.1, 0.15) is 6.92 Å². The van der Waals surface area contributed by atoms with Gasteiger partial charge in [-0.15, -0.1) is 0 Å². The lowest BCUT2D eigenvalue weighted by Crippen LogP contribution is -2.32. The van der Waals surface area contributed by atoms with E-state index in [0.717, 1.165) is 12.4 Å². The fourth-order valence-electron chi connectivity index (χ4n) is 0.320. The zero-order valence-corrected chi connectivity index (χ0v) is 5.70. The molecule has 0 aromatic carbocycles. The first kappa shape index (κ1) is 7.27. The number of nitrogens with one attached hydrogen (secondary N) is 1. The molecule has 0 aromatic rings. The van der Waals surface area contributed by atoms with Crippen molar-refractivity contribution in [1.29, 1.82) is 0 Å². The highest BCUT2D eigenvalue weighted by molar-refractivity contribution is 7.80. The van der Waals surface area contributed by atoms with E-state index in [1.807, 2.05) is 12.1 Å². The standard InChI is InChI=1S/C4H12N2S/c1-3-5-6(2)4-7/h5,7H,3-4H2,1-2H3. The van der Waals surface area contributed by atoms with E-state index in [0.29, 0.717) is 0 Å². The maximum atomic E-state index is 4.01. The maximum absolute atomic E-state index is 4.01. The first-order valence-corrected chi connectivity index (χ1v) is 3.00. The van der Waals surface area contributed by atoms with E-state index in [1.54, 1.807) is 0 Å². The van der Waals surface area contributed by atoms with Crippen molar-refractivity contribution in [3.05, 3.63) is 0 Å². The summed E-state index contributed by atoms with van der Waals surface area (Å²) in [6.07, 6.45) is 0. The normalized spacial score (nSPS) is 10.3. The van der Waals surface area contributed by atoms with Crippen LogP contribution in [0.4, 0.5) is 0 Å². The van der Waals surface area contributed by atoms with Gasteiger partial charge in [0, 0.05) is 13.6 Å². The van der Waals surface area contributed by atoms with E-state index in [-0.39, 0.29) is 0 Å². The number of rotatable bonds is 3. The predicted octanol–water partition coefficient (Wildman–Crippen LogP) is 0.330. The number of hydrazine groups is 1. The largest absolute Gasteiger partial charge is 0.255 e. The van der Waals surface area contributed by atoms with E-state index < -0.39 is 0 Å². The van der Waals surface area contributed by atoms with Gasteiger partial charge in [0.25, 0.3) is 0 Å². The minimum atomic E-state index is 0.758. The molecule has 0 unspecified atom stereocenters. The van der Waals surface area contributed by atoms with Crippen LogP contribution in [0.25, 0.3) is 0 Å². The highest BCUT2D eigenvalue weighted by Crippen LogP contribution is 1.75. The second kappa shape index (κ2) is 4.43. The van der Waals surface area contributed by atoms with Gasteiger partial charge in [-0.3, -0.25) is 5.43 Å². The third-order valence-electron chi connectivity index (χ3n) is 0.640. The molecule has 7 heavy (non-hydrogen) atoms. The molecule has 0 aliphatic heterocycles. The first-order valence-electron chi connectivity index (χ1n) is 2.36. The summed E-state index contributed by atoms with van der Waals surface area (Å²) in [7, 11) is 1.95. The molecule has 0 heterocycles. The Labute approximate surface area is 50.3 Å². The molecule has 0 amide bonds. The number of hydrogen-bond acceptors (Lipinski definition) is 3. The van der Waals surface area contributed by atoms with E-state index in [4.69, 9.17) is 0 Å². The zero-order valence-electron chi connectivity index (χ0n) is 4.81. The molecule has 0 aliphatic rings. The van der Waals surface area contributed by atoms with E-state index in [1.165, 1.54) is 0 Å². The van der Waals surface area contributed by atoms with Crippen LogP contribution in [0.3, 0.4) is 0 Å². The molecule has 0 atom stereocenters. The summed E-state index contributed by atoms with van der Waals surface area (Å²) in [6, 6.07) is 0. The molecule has 0 saturated heterocycles. The second-order valence-electron chi connectivity index (χ2n) is 1.35. The molecule has 0 fully saturated rings. The van der Waals surface area contributed by atoms with Crippen molar-refractivity contribution in [3.8, 4) is 0 Å². The van der Waals surface area contributed by atoms with Crippen molar-refractivity contribution in [3.63, 3.8) is 0 Å². The van der Waals surface area contributed by atoms with Gasteiger partial charge < -0.3 is 0 Å². The Bertz CT molecular complexity index is 40.7. The lowest BCUT2D eigenvalue weighted by molar-refractivity contribution is 0.287. The number of hydrogen-bond donors (Lipinski definition) is 2. The molecule has 0 aromatic heterocycles. The number of nitrogens with zero attached hydrogens (tertiary/aromatic N) is 1. The summed E-state index contributed by atoms with van der Waals surface area (Å²) in [5, 5.41) is 1.92. The van der Waals surface area contributed by atoms with Crippen LogP contribution in [-0.4, -0.2) is 24.5 Å². The summed E-state index contributed by atoms with van der Waals surface area (Å²) in [4.78, 5) is 0. The van der Waals surface area contributed by atoms with Gasteiger partial charge >= 0.3 is 0 Å². The highest BCUT2D eigenvalue weighted by atomic mass is 32.1. The summed E-state index contributed by atoms with van der Waals surface area (Å²) < 4.78 is 0. The van der Waals surface area contributed by atoms with E-state index in [2.05, 4.69) is 25.0 Å². The average molecular weight is 120 g/mol. The van der Waals surface area contributed by atoms with Crippen LogP contribution in [-0.2, 0) is 0 Å². The van der Waals surface area contributed by atoms with Gasteiger partial charge in [0.1, 0.15) is 0 Å². The molecule has 0 rings (SSSR count). The predicted molar refractivity (Wildman–Crippen MR) is 35.3 cm³/mol. The Balaban J connectivity index is 2.83. The third kappa shape index (κ3) is 4.12. The van der Waals surface area contributed by atoms with Crippen LogP contribution in [0.15, 0.2) is 0 Å². The van der Waals surface area contributed by atoms with Crippen molar-refractivity contribution >= 4 is 12.6 Å². The third-order valence-corrected chi connectivity index (χ3v) is 1.06. The Kier molecular flexibility index (Phi) is 4.60. The minimum absolute atomic E-state index is 0.758. The molecular weight excluding hydrogens is 108 g/mol. The maximum Gasteiger partial charge on any atom is 0.0554 e. The van der Waals surface area contributed by atoms with Gasteiger partial charge in [-0.1, -0.05) is 6.92 Å². The van der Waals surface area contributed by atoms with E-state index >= 15 is 0 Å². The molecule has 0 saturated carbocycles. The quantitative estimate of drug-likeness (QED) is 0.317. The molecule has 0 radical (unpaired) electrons. The van der Waals surface area contributed by atoms with Crippen molar-refractivity contribution in [2.75, 3.05) is 19.5 Å². The molecule has 0 spiro atoms. The van der Waals surface area contributed by atoms with Crippen LogP contribution >= 0.6 is 12.6 Å². The van der Waals surface area contributed by atoms with Crippen molar-refractivity contribution < 1.29 is 0 Å². The van der Waals surface area contributed by atoms with Gasteiger partial charge in [0.05, 0.1) is 5.88 Å². The Morgan fingerprint density at radius 1 is 1.71 bits per heavy atom. The molecule has 0 aliphatic carbocycles. The van der Waals surface area contributed by atoms with Gasteiger partial charge in [-0.05, 0) is 0 Å². The lowest BCUT2D eigenvalue weighted by Gasteiger charge is -2.11. The van der Waals surface area contributed by atoms with Gasteiger partial charge in [-0.25, -0.2) is 5.01 Å². The Hall–Kier alpha value is 0.270. The Morgan fingerprint density at radius 3 is 2.43 bits per heavy atom. The monoisotopic (exact) mass is 120 g/mol. The second-order valence-corrected chi connectivity index (χ2v) is 1.63. The summed E-state index contributed by atoms with van der Waals surface area (Å²) in [5.74, 6) is 0.758. The Morgan fingerprint density at radius 2 is 2.29 bits per heavy atom. The first-order chi connectivity index (χ1) is 3.31. The molecule has 3 heteroatoms. The van der Waals surface area contributed by atoms with Crippen LogP contribution in [0, 0.1) is 0 Å². The van der Waals surface area contributed by atoms with Gasteiger partial charge in [0.15, 0.2) is 0 Å². The van der Waals surface area contributed by atoms with Crippen molar-refractivity contribution in [2.24, 2.45) is 0 Å². The zero-order chi connectivity index (χ0) is 5.70. The fourth-order valence-corrected chi connectivity index (χ4v) is 0.420. The van der Waals surface area contributed by atoms with Gasteiger partial charge in [0.2, 0.25) is 0 Å². The van der Waals surface area contributed by atoms with E-state index in [9.17, 15) is 0 Å². The van der Waals surface area contributed by atoms with Crippen LogP contribution < -0.4 is 5.43 Å². The van der Waals surface area contributed by atoms with Gasteiger partial charge in [-0.2, -0.15) is 12.6 Å². The number of thiol groups is 1. The summed E-state index contributed by atoms with van der Waals surface area (Å²) in [5.41, 5.74) is 3.05. The molecule has 0 bridgehead atoms. The fraction of sp³-hybridized carbons (Fsp3) is 1.00. The van der Waals surface area contributed by atoms with Crippen LogP contribution in [0.2, 0.25) is 0 Å². The minimum Gasteiger partial charge on any atom is -0.255 e. The topological polar surface area (TPSA) is 15.3 Å². The smallest absolute Gasteiger partial charge is 0.0554 e. The van der Waals surface area contributed by atoms with Crippen molar-refractivity contribution in [1.82, 2.24) is 10.4 Å². The summed E-state index contributed by atoms with van der Waals surface area (Å²) >= 11 is 4.01. The molecule has 1 N–H and O–H groups in total. The molecule has 2 nitrogen and oxygen atoms in total. The van der Waals surface area contributed by atoms with Crippen molar-refractivity contribution in [2.45, 2.75) is 6.92 Å². The summed E-state index contributed by atoms with van der Waals surface area (Å²) in [6.45, 7) is 3.02. The SMILES string of the molecule is CCNN(C)CS. The van der Waals surface area contributed by atoms with Crippen LogP contribution in [0.5, 0.6) is 0 Å². The average Bonchev–Trinajstić information content (AvgIpc) is 1.68. The molecular formula is C4H12N2S. The molecule has 44 valence electrons. The lowest BCUT2D eigenvalue weighted by atomic mass is 10.8.